The van der Waals surface area contributed by atoms with Crippen LogP contribution < -0.4 is 15.4 Å². The molecule has 3 unspecified atom stereocenters. The number of hydrogen-bond acceptors (Lipinski definition) is 4. The molecule has 0 aliphatic carbocycles. The Labute approximate surface area is 150 Å². The SMILES string of the molecule is CCNC(=NCCNS(=O)(=O)CC)NC1CC2CCC1O2.I. The highest BCUT2D eigenvalue weighted by atomic mass is 127. The summed E-state index contributed by atoms with van der Waals surface area (Å²) in [6.45, 7) is 5.13. The lowest BCUT2D eigenvalue weighted by molar-refractivity contribution is 0.0992. The van der Waals surface area contributed by atoms with Crippen molar-refractivity contribution in [1.82, 2.24) is 15.4 Å². The van der Waals surface area contributed by atoms with Crippen LogP contribution in [0.4, 0.5) is 0 Å². The molecule has 2 aliphatic heterocycles. The third-order valence-electron chi connectivity index (χ3n) is 3.86. The Morgan fingerprint density at radius 2 is 2.09 bits per heavy atom. The number of sulfonamides is 1. The van der Waals surface area contributed by atoms with Gasteiger partial charge in [-0.15, -0.1) is 24.0 Å². The van der Waals surface area contributed by atoms with Gasteiger partial charge < -0.3 is 15.4 Å². The monoisotopic (exact) mass is 446 g/mol. The molecule has 3 atom stereocenters. The van der Waals surface area contributed by atoms with E-state index in [2.05, 4.69) is 20.3 Å². The van der Waals surface area contributed by atoms with Crippen LogP contribution in [0.3, 0.4) is 0 Å². The van der Waals surface area contributed by atoms with Crippen molar-refractivity contribution in [2.24, 2.45) is 4.99 Å². The van der Waals surface area contributed by atoms with Crippen LogP contribution in [-0.4, -0.2) is 58.0 Å². The average Bonchev–Trinajstić information content (AvgIpc) is 3.06. The lowest BCUT2D eigenvalue weighted by Crippen LogP contribution is -2.47. The number of nitrogens with one attached hydrogen (secondary N) is 3. The minimum atomic E-state index is -3.14. The first-order valence-electron chi connectivity index (χ1n) is 7.71. The maximum Gasteiger partial charge on any atom is 0.211 e. The summed E-state index contributed by atoms with van der Waals surface area (Å²) < 4.78 is 31.0. The summed E-state index contributed by atoms with van der Waals surface area (Å²) in [6, 6.07) is 0.314. The Hall–Kier alpha value is -0.130. The summed E-state index contributed by atoms with van der Waals surface area (Å²) in [5.41, 5.74) is 0. The van der Waals surface area contributed by atoms with Crippen molar-refractivity contribution in [3.05, 3.63) is 0 Å². The van der Waals surface area contributed by atoms with E-state index in [0.717, 1.165) is 31.8 Å². The van der Waals surface area contributed by atoms with E-state index in [4.69, 9.17) is 4.74 Å². The fourth-order valence-electron chi connectivity index (χ4n) is 2.76. The lowest BCUT2D eigenvalue weighted by Gasteiger charge is -2.22. The Kier molecular flexibility index (Phi) is 8.36. The third-order valence-corrected chi connectivity index (χ3v) is 5.26. The van der Waals surface area contributed by atoms with Gasteiger partial charge in [-0.3, -0.25) is 4.99 Å². The van der Waals surface area contributed by atoms with Crippen LogP contribution in [0.25, 0.3) is 0 Å². The molecule has 9 heteroatoms. The molecule has 0 saturated carbocycles. The summed E-state index contributed by atoms with van der Waals surface area (Å²) in [7, 11) is -3.14. The Morgan fingerprint density at radius 1 is 1.32 bits per heavy atom. The topological polar surface area (TPSA) is 91.8 Å². The van der Waals surface area contributed by atoms with Gasteiger partial charge >= 0.3 is 0 Å². The summed E-state index contributed by atoms with van der Waals surface area (Å²) in [5.74, 6) is 0.826. The quantitative estimate of drug-likeness (QED) is 0.228. The Morgan fingerprint density at radius 3 is 2.64 bits per heavy atom. The predicted molar refractivity (Wildman–Crippen MR) is 98.3 cm³/mol. The Balaban J connectivity index is 0.00000242. The highest BCUT2D eigenvalue weighted by Gasteiger charge is 2.41. The number of ether oxygens (including phenoxy) is 1. The number of halogens is 1. The Bertz CT molecular complexity index is 472. The molecule has 0 radical (unpaired) electrons. The van der Waals surface area contributed by atoms with Gasteiger partial charge in [0.05, 0.1) is 30.5 Å². The second-order valence-electron chi connectivity index (χ2n) is 5.42. The minimum Gasteiger partial charge on any atom is -0.373 e. The molecule has 0 spiro atoms. The molecule has 0 aromatic rings. The summed E-state index contributed by atoms with van der Waals surface area (Å²) in [4.78, 5) is 4.41. The third kappa shape index (κ3) is 5.82. The number of aliphatic imine (C=N–C) groups is 1. The van der Waals surface area contributed by atoms with Gasteiger partial charge in [0.2, 0.25) is 10.0 Å². The van der Waals surface area contributed by atoms with E-state index in [1.807, 2.05) is 6.92 Å². The predicted octanol–water partition coefficient (Wildman–Crippen LogP) is 0.419. The molecular weight excluding hydrogens is 419 g/mol. The summed E-state index contributed by atoms with van der Waals surface area (Å²) in [5, 5.41) is 6.58. The highest BCUT2D eigenvalue weighted by molar-refractivity contribution is 14.0. The van der Waals surface area contributed by atoms with Gasteiger partial charge in [-0.1, -0.05) is 0 Å². The standard InChI is InChI=1S/C13H26N4O3S.HI/c1-3-14-13(15-7-8-16-21(18,19)4-2)17-11-9-10-5-6-12(11)20-10;/h10-12,16H,3-9H2,1-2H3,(H2,14,15,17);1H. The number of hydrogen-bond donors (Lipinski definition) is 3. The van der Waals surface area contributed by atoms with Crippen LogP contribution in [0.15, 0.2) is 4.99 Å². The van der Waals surface area contributed by atoms with E-state index in [9.17, 15) is 8.42 Å². The zero-order valence-electron chi connectivity index (χ0n) is 13.2. The molecular formula is C13H27IN4O3S. The van der Waals surface area contributed by atoms with E-state index in [1.54, 1.807) is 6.92 Å². The van der Waals surface area contributed by atoms with Gasteiger partial charge in [0, 0.05) is 13.1 Å². The first kappa shape index (κ1) is 19.9. The minimum absolute atomic E-state index is 0. The molecule has 2 aliphatic rings. The normalized spacial score (nSPS) is 27.5. The molecule has 7 nitrogen and oxygen atoms in total. The van der Waals surface area contributed by atoms with Crippen LogP contribution in [0.2, 0.25) is 0 Å². The van der Waals surface area contributed by atoms with Gasteiger partial charge in [-0.05, 0) is 33.1 Å². The van der Waals surface area contributed by atoms with Gasteiger partial charge in [0.1, 0.15) is 0 Å². The van der Waals surface area contributed by atoms with Gasteiger partial charge in [0.25, 0.3) is 0 Å². The van der Waals surface area contributed by atoms with Crippen LogP contribution in [-0.2, 0) is 14.8 Å². The van der Waals surface area contributed by atoms with Crippen molar-refractivity contribution in [1.29, 1.82) is 0 Å². The van der Waals surface area contributed by atoms with Crippen molar-refractivity contribution < 1.29 is 13.2 Å². The molecule has 2 fully saturated rings. The maximum atomic E-state index is 11.3. The average molecular weight is 446 g/mol. The maximum absolute atomic E-state index is 11.3. The van der Waals surface area contributed by atoms with Crippen molar-refractivity contribution in [2.45, 2.75) is 51.4 Å². The lowest BCUT2D eigenvalue weighted by atomic mass is 9.96. The van der Waals surface area contributed by atoms with Crippen LogP contribution in [0.1, 0.15) is 33.1 Å². The fraction of sp³-hybridized carbons (Fsp3) is 0.923. The molecule has 3 N–H and O–H groups in total. The largest absolute Gasteiger partial charge is 0.373 e. The molecule has 2 saturated heterocycles. The second-order valence-corrected chi connectivity index (χ2v) is 7.51. The number of guanidine groups is 1. The van der Waals surface area contributed by atoms with Crippen molar-refractivity contribution >= 4 is 40.0 Å². The molecule has 0 aromatic carbocycles. The van der Waals surface area contributed by atoms with Crippen LogP contribution in [0.5, 0.6) is 0 Å². The van der Waals surface area contributed by atoms with Crippen LogP contribution >= 0.6 is 24.0 Å². The van der Waals surface area contributed by atoms with Crippen molar-refractivity contribution in [3.8, 4) is 0 Å². The molecule has 2 heterocycles. The first-order chi connectivity index (χ1) is 10.0. The van der Waals surface area contributed by atoms with E-state index < -0.39 is 10.0 Å². The molecule has 0 aromatic heterocycles. The van der Waals surface area contributed by atoms with Crippen molar-refractivity contribution in [2.75, 3.05) is 25.4 Å². The smallest absolute Gasteiger partial charge is 0.211 e. The molecule has 2 rings (SSSR count). The summed E-state index contributed by atoms with van der Waals surface area (Å²) >= 11 is 0. The molecule has 22 heavy (non-hydrogen) atoms. The first-order valence-corrected chi connectivity index (χ1v) is 9.37. The zero-order chi connectivity index (χ0) is 15.3. The van der Waals surface area contributed by atoms with E-state index in [1.165, 1.54) is 0 Å². The number of fused-ring (bicyclic) bond motifs is 2. The van der Waals surface area contributed by atoms with Gasteiger partial charge in [-0.25, -0.2) is 13.1 Å². The highest BCUT2D eigenvalue weighted by Crippen LogP contribution is 2.34. The second kappa shape index (κ2) is 9.24. The zero-order valence-corrected chi connectivity index (χ0v) is 16.3. The number of nitrogens with zero attached hydrogens (tertiary/aromatic N) is 1. The number of rotatable bonds is 7. The van der Waals surface area contributed by atoms with Gasteiger partial charge in [0.15, 0.2) is 5.96 Å². The molecule has 2 bridgehead atoms. The van der Waals surface area contributed by atoms with Crippen molar-refractivity contribution in [3.63, 3.8) is 0 Å². The van der Waals surface area contributed by atoms with E-state index >= 15 is 0 Å². The molecule has 0 amide bonds. The summed E-state index contributed by atoms with van der Waals surface area (Å²) in [6.07, 6.45) is 3.98. The van der Waals surface area contributed by atoms with E-state index in [0.29, 0.717) is 25.2 Å². The van der Waals surface area contributed by atoms with Crippen LogP contribution in [0, 0.1) is 0 Å². The fourth-order valence-corrected chi connectivity index (χ4v) is 3.36. The van der Waals surface area contributed by atoms with E-state index in [-0.39, 0.29) is 35.8 Å². The van der Waals surface area contributed by atoms with Gasteiger partial charge in [-0.2, -0.15) is 0 Å². The molecule has 130 valence electrons.